The number of ether oxygens (including phenoxy) is 1. The van der Waals surface area contributed by atoms with Crippen molar-refractivity contribution >= 4 is 17.0 Å². The first-order chi connectivity index (χ1) is 11.1. The fourth-order valence-electron chi connectivity index (χ4n) is 2.23. The van der Waals surface area contributed by atoms with Gasteiger partial charge in [-0.15, -0.1) is 5.10 Å². The number of tetrazole rings is 1. The molecule has 2 N–H and O–H groups in total. The molecule has 1 unspecified atom stereocenters. The zero-order valence-electron chi connectivity index (χ0n) is 12.7. The normalized spacial score (nSPS) is 12.4. The van der Waals surface area contributed by atoms with Gasteiger partial charge in [-0.3, -0.25) is 4.57 Å². The number of imidazole rings is 1. The molecule has 0 spiro atoms. The Bertz CT molecular complexity index is 827. The molecule has 120 valence electrons. The molecular weight excluding hydrogens is 300 g/mol. The zero-order chi connectivity index (χ0) is 16.4. The van der Waals surface area contributed by atoms with Gasteiger partial charge in [-0.1, -0.05) is 13.0 Å². The fraction of sp³-hybridized carbons (Fsp3) is 0.357. The molecule has 3 rings (SSSR count). The van der Waals surface area contributed by atoms with Crippen molar-refractivity contribution in [3.8, 4) is 6.01 Å². The van der Waals surface area contributed by atoms with Gasteiger partial charge >= 0.3 is 5.97 Å². The summed E-state index contributed by atoms with van der Waals surface area (Å²) < 4.78 is 7.51. The molecule has 1 atom stereocenters. The summed E-state index contributed by atoms with van der Waals surface area (Å²) in [7, 11) is 0. The van der Waals surface area contributed by atoms with Crippen molar-refractivity contribution in [2.45, 2.75) is 32.9 Å². The predicted octanol–water partition coefficient (Wildman–Crippen LogP) is 1.47. The molecule has 0 amide bonds. The Morgan fingerprint density at radius 1 is 1.48 bits per heavy atom. The molecular formula is C14H16N6O3. The Balaban J connectivity index is 2.17. The van der Waals surface area contributed by atoms with Gasteiger partial charge in [0.15, 0.2) is 5.82 Å². The molecule has 2 aromatic heterocycles. The number of aromatic amines is 1. The first-order valence-corrected chi connectivity index (χ1v) is 7.22. The average molecular weight is 316 g/mol. The Morgan fingerprint density at radius 2 is 2.30 bits per heavy atom. The Hall–Kier alpha value is -2.97. The smallest absolute Gasteiger partial charge is 0.337 e. The number of aromatic carboxylic acids is 1. The lowest BCUT2D eigenvalue weighted by molar-refractivity contribution is 0.0698. The number of carboxylic acids is 1. The van der Waals surface area contributed by atoms with Crippen molar-refractivity contribution in [2.75, 3.05) is 0 Å². The lowest BCUT2D eigenvalue weighted by atomic mass is 10.2. The van der Waals surface area contributed by atoms with Gasteiger partial charge in [-0.2, -0.15) is 4.98 Å². The van der Waals surface area contributed by atoms with E-state index in [4.69, 9.17) is 4.74 Å². The third-order valence-electron chi connectivity index (χ3n) is 3.54. The first-order valence-electron chi connectivity index (χ1n) is 7.22. The van der Waals surface area contributed by atoms with Crippen LogP contribution in [0.15, 0.2) is 18.2 Å². The van der Waals surface area contributed by atoms with Gasteiger partial charge in [-0.25, -0.2) is 9.89 Å². The van der Waals surface area contributed by atoms with E-state index in [9.17, 15) is 9.90 Å². The van der Waals surface area contributed by atoms with Gasteiger partial charge in [-0.05, 0) is 35.9 Å². The monoisotopic (exact) mass is 316 g/mol. The largest absolute Gasteiger partial charge is 0.478 e. The Morgan fingerprint density at radius 3 is 2.96 bits per heavy atom. The summed E-state index contributed by atoms with van der Waals surface area (Å²) in [5, 5.41) is 23.0. The van der Waals surface area contributed by atoms with Crippen LogP contribution in [-0.2, 0) is 6.54 Å². The minimum atomic E-state index is -1.03. The molecule has 0 saturated heterocycles. The number of nitrogens with zero attached hydrogens (tertiary/aromatic N) is 5. The van der Waals surface area contributed by atoms with E-state index < -0.39 is 5.97 Å². The molecule has 0 saturated carbocycles. The van der Waals surface area contributed by atoms with Crippen LogP contribution in [0.1, 0.15) is 36.5 Å². The predicted molar refractivity (Wildman–Crippen MR) is 80.4 cm³/mol. The number of aromatic nitrogens is 6. The molecule has 0 aliphatic rings. The maximum Gasteiger partial charge on any atom is 0.337 e. The van der Waals surface area contributed by atoms with Gasteiger partial charge in [0.2, 0.25) is 0 Å². The van der Waals surface area contributed by atoms with Crippen LogP contribution in [0.3, 0.4) is 0 Å². The Labute approximate surface area is 131 Å². The third kappa shape index (κ3) is 2.85. The highest BCUT2D eigenvalue weighted by Gasteiger charge is 2.20. The maximum absolute atomic E-state index is 11.5. The fourth-order valence-corrected chi connectivity index (χ4v) is 2.23. The summed E-state index contributed by atoms with van der Waals surface area (Å²) in [6.45, 7) is 4.16. The second kappa shape index (κ2) is 6.03. The molecule has 1 aromatic carbocycles. The highest BCUT2D eigenvalue weighted by atomic mass is 16.5. The van der Waals surface area contributed by atoms with Crippen molar-refractivity contribution < 1.29 is 14.6 Å². The van der Waals surface area contributed by atoms with Gasteiger partial charge in [0.05, 0.1) is 29.2 Å². The molecule has 9 heteroatoms. The summed E-state index contributed by atoms with van der Waals surface area (Å²) in [5.41, 5.74) is 1.19. The van der Waals surface area contributed by atoms with E-state index >= 15 is 0 Å². The maximum atomic E-state index is 11.5. The van der Waals surface area contributed by atoms with Crippen LogP contribution in [0, 0.1) is 0 Å². The molecule has 2 heterocycles. The molecule has 0 aliphatic carbocycles. The summed E-state index contributed by atoms with van der Waals surface area (Å²) in [5.74, 6) is -0.541. The van der Waals surface area contributed by atoms with E-state index in [2.05, 4.69) is 25.6 Å². The van der Waals surface area contributed by atoms with Crippen LogP contribution in [0.5, 0.6) is 6.01 Å². The van der Waals surface area contributed by atoms with Crippen molar-refractivity contribution in [1.29, 1.82) is 0 Å². The topological polar surface area (TPSA) is 119 Å². The second-order valence-electron chi connectivity index (χ2n) is 5.14. The molecule has 23 heavy (non-hydrogen) atoms. The number of hydrogen-bond donors (Lipinski definition) is 2. The van der Waals surface area contributed by atoms with E-state index in [-0.39, 0.29) is 18.2 Å². The molecule has 0 bridgehead atoms. The standard InChI is InChI=1S/C14H16N6O3/c1-3-8(2)23-14-15-10-6-4-5-9(13(21)22)12(10)20(14)7-11-16-18-19-17-11/h4-6,8H,3,7H2,1-2H3,(H,21,22)(H,16,17,18,19). The molecule has 0 radical (unpaired) electrons. The second-order valence-corrected chi connectivity index (χ2v) is 5.14. The minimum Gasteiger partial charge on any atom is -0.478 e. The van der Waals surface area contributed by atoms with Gasteiger partial charge in [0.1, 0.15) is 0 Å². The number of carboxylic acid groups (broad SMARTS) is 1. The van der Waals surface area contributed by atoms with Crippen molar-refractivity contribution in [3.63, 3.8) is 0 Å². The average Bonchev–Trinajstić information content (AvgIpc) is 3.16. The summed E-state index contributed by atoms with van der Waals surface area (Å²) in [6.07, 6.45) is 0.755. The van der Waals surface area contributed by atoms with Crippen LogP contribution >= 0.6 is 0 Å². The first kappa shape index (κ1) is 14.9. The highest BCUT2D eigenvalue weighted by Crippen LogP contribution is 2.26. The zero-order valence-corrected chi connectivity index (χ0v) is 12.7. The number of carbonyl (C=O) groups is 1. The minimum absolute atomic E-state index is 0.0494. The quantitative estimate of drug-likeness (QED) is 0.706. The molecule has 3 aromatic rings. The van der Waals surface area contributed by atoms with Crippen molar-refractivity contribution in [2.24, 2.45) is 0 Å². The number of benzene rings is 1. The van der Waals surface area contributed by atoms with Crippen molar-refractivity contribution in [1.82, 2.24) is 30.2 Å². The SMILES string of the molecule is CCC(C)Oc1nc2cccc(C(=O)O)c2n1Cc1nnn[nH]1. The molecule has 0 aliphatic heterocycles. The van der Waals surface area contributed by atoms with E-state index in [1.165, 1.54) is 6.07 Å². The number of hydrogen-bond acceptors (Lipinski definition) is 6. The summed E-state index contributed by atoms with van der Waals surface area (Å²) in [4.78, 5) is 15.9. The summed E-state index contributed by atoms with van der Waals surface area (Å²) in [6, 6.07) is 5.29. The van der Waals surface area contributed by atoms with E-state index in [1.54, 1.807) is 16.7 Å². The van der Waals surface area contributed by atoms with E-state index in [0.717, 1.165) is 6.42 Å². The summed E-state index contributed by atoms with van der Waals surface area (Å²) >= 11 is 0. The van der Waals surface area contributed by atoms with Gasteiger partial charge < -0.3 is 9.84 Å². The van der Waals surface area contributed by atoms with Crippen LogP contribution in [0.25, 0.3) is 11.0 Å². The number of para-hydroxylation sites is 1. The van der Waals surface area contributed by atoms with Crippen LogP contribution < -0.4 is 4.74 Å². The highest BCUT2D eigenvalue weighted by molar-refractivity contribution is 6.01. The number of nitrogens with one attached hydrogen (secondary N) is 1. The van der Waals surface area contributed by atoms with Gasteiger partial charge in [0, 0.05) is 0 Å². The number of rotatable bonds is 6. The van der Waals surface area contributed by atoms with Gasteiger partial charge in [0.25, 0.3) is 6.01 Å². The van der Waals surface area contributed by atoms with Crippen LogP contribution in [0.4, 0.5) is 0 Å². The molecule has 9 nitrogen and oxygen atoms in total. The number of H-pyrrole nitrogens is 1. The lowest BCUT2D eigenvalue weighted by Crippen LogP contribution is -2.15. The van der Waals surface area contributed by atoms with E-state index in [0.29, 0.717) is 22.9 Å². The van der Waals surface area contributed by atoms with Crippen LogP contribution in [-0.4, -0.2) is 47.4 Å². The number of fused-ring (bicyclic) bond motifs is 1. The van der Waals surface area contributed by atoms with E-state index in [1.807, 2.05) is 13.8 Å². The van der Waals surface area contributed by atoms with Crippen LogP contribution in [0.2, 0.25) is 0 Å². The Kier molecular flexibility index (Phi) is 3.92. The molecule has 0 fully saturated rings. The third-order valence-corrected chi connectivity index (χ3v) is 3.54. The lowest BCUT2D eigenvalue weighted by Gasteiger charge is -2.13. The van der Waals surface area contributed by atoms with Crippen molar-refractivity contribution in [3.05, 3.63) is 29.6 Å².